The van der Waals surface area contributed by atoms with E-state index in [1.165, 1.54) is 5.56 Å². The molecule has 3 nitrogen and oxygen atoms in total. The number of benzene rings is 2. The van der Waals surface area contributed by atoms with Crippen LogP contribution in [0.2, 0.25) is 0 Å². The monoisotopic (exact) mass is 251 g/mol. The summed E-state index contributed by atoms with van der Waals surface area (Å²) in [4.78, 5) is 0. The lowest BCUT2D eigenvalue weighted by Gasteiger charge is -2.10. The first kappa shape index (κ1) is 11.9. The van der Waals surface area contributed by atoms with E-state index in [1.807, 2.05) is 29.9 Å². The van der Waals surface area contributed by atoms with E-state index in [2.05, 4.69) is 42.4 Å². The van der Waals surface area contributed by atoms with Gasteiger partial charge in [-0.15, -0.1) is 0 Å². The molecule has 19 heavy (non-hydrogen) atoms. The third-order valence-electron chi connectivity index (χ3n) is 3.48. The van der Waals surface area contributed by atoms with Gasteiger partial charge in [-0.05, 0) is 18.6 Å². The fraction of sp³-hybridized carbons (Fsp3) is 0.188. The minimum atomic E-state index is -0.189. The van der Waals surface area contributed by atoms with Crippen molar-refractivity contribution in [3.63, 3.8) is 0 Å². The minimum Gasteiger partial charge on any atom is -0.319 e. The molecular formula is C16H17N3. The van der Waals surface area contributed by atoms with Gasteiger partial charge in [-0.2, -0.15) is 5.10 Å². The van der Waals surface area contributed by atoms with Crippen molar-refractivity contribution in [2.45, 2.75) is 13.0 Å². The van der Waals surface area contributed by atoms with Gasteiger partial charge in [-0.3, -0.25) is 4.68 Å². The Balaban J connectivity index is 2.14. The van der Waals surface area contributed by atoms with E-state index in [9.17, 15) is 0 Å². The molecule has 0 aliphatic carbocycles. The minimum absolute atomic E-state index is 0.189. The molecule has 2 N–H and O–H groups in total. The molecule has 1 heterocycles. The molecule has 1 atom stereocenters. The lowest BCUT2D eigenvalue weighted by Crippen LogP contribution is -2.13. The van der Waals surface area contributed by atoms with Crippen LogP contribution in [0.15, 0.2) is 48.5 Å². The van der Waals surface area contributed by atoms with Crippen molar-refractivity contribution in [3.8, 4) is 0 Å². The van der Waals surface area contributed by atoms with Crippen LogP contribution in [0.5, 0.6) is 0 Å². The normalized spacial score (nSPS) is 12.8. The maximum Gasteiger partial charge on any atom is 0.0915 e. The average molecular weight is 251 g/mol. The summed E-state index contributed by atoms with van der Waals surface area (Å²) < 4.78 is 1.89. The zero-order valence-corrected chi connectivity index (χ0v) is 11.2. The highest BCUT2D eigenvalue weighted by Gasteiger charge is 2.16. The second-order valence-electron chi connectivity index (χ2n) is 4.92. The Morgan fingerprint density at radius 3 is 2.68 bits per heavy atom. The van der Waals surface area contributed by atoms with Gasteiger partial charge in [0.25, 0.3) is 0 Å². The molecule has 0 aliphatic rings. The lowest BCUT2D eigenvalue weighted by molar-refractivity contribution is 0.732. The summed E-state index contributed by atoms with van der Waals surface area (Å²) in [5.41, 5.74) is 10.8. The Labute approximate surface area is 112 Å². The third kappa shape index (κ3) is 2.02. The molecule has 0 radical (unpaired) electrons. The van der Waals surface area contributed by atoms with Gasteiger partial charge in [0.1, 0.15) is 0 Å². The summed E-state index contributed by atoms with van der Waals surface area (Å²) in [6, 6.07) is 16.3. The number of fused-ring (bicyclic) bond motifs is 1. The summed E-state index contributed by atoms with van der Waals surface area (Å²) in [7, 11) is 1.95. The molecule has 0 bridgehead atoms. The van der Waals surface area contributed by atoms with Gasteiger partial charge in [0.2, 0.25) is 0 Å². The van der Waals surface area contributed by atoms with Gasteiger partial charge < -0.3 is 5.73 Å². The maximum absolute atomic E-state index is 6.39. The molecule has 96 valence electrons. The maximum atomic E-state index is 6.39. The van der Waals surface area contributed by atoms with Crippen LogP contribution in [-0.2, 0) is 7.05 Å². The number of aromatic nitrogens is 2. The van der Waals surface area contributed by atoms with Crippen LogP contribution in [0.1, 0.15) is 22.9 Å². The van der Waals surface area contributed by atoms with Gasteiger partial charge in [0, 0.05) is 12.4 Å². The van der Waals surface area contributed by atoms with E-state index in [1.54, 1.807) is 0 Å². The molecule has 0 fully saturated rings. The molecule has 2 aromatic carbocycles. The standard InChI is InChI=1S/C16H17N3/c1-11-6-5-7-12(10-11)15(17)16-13-8-3-4-9-14(13)19(2)18-16/h3-10,15H,17H2,1-2H3. The Bertz CT molecular complexity index is 728. The van der Waals surface area contributed by atoms with E-state index in [4.69, 9.17) is 5.73 Å². The fourth-order valence-electron chi connectivity index (χ4n) is 2.49. The number of hydrogen-bond donors (Lipinski definition) is 1. The molecule has 3 rings (SSSR count). The number of hydrogen-bond acceptors (Lipinski definition) is 2. The van der Waals surface area contributed by atoms with Crippen molar-refractivity contribution >= 4 is 10.9 Å². The van der Waals surface area contributed by atoms with E-state index in [0.29, 0.717) is 0 Å². The summed E-state index contributed by atoms with van der Waals surface area (Å²) in [5.74, 6) is 0. The third-order valence-corrected chi connectivity index (χ3v) is 3.48. The van der Waals surface area contributed by atoms with Crippen molar-refractivity contribution in [1.82, 2.24) is 9.78 Å². The average Bonchev–Trinajstić information content (AvgIpc) is 2.76. The first-order valence-corrected chi connectivity index (χ1v) is 6.40. The first-order chi connectivity index (χ1) is 9.16. The largest absolute Gasteiger partial charge is 0.319 e. The molecule has 3 aromatic rings. The van der Waals surface area contributed by atoms with Crippen LogP contribution in [-0.4, -0.2) is 9.78 Å². The Hall–Kier alpha value is -2.13. The first-order valence-electron chi connectivity index (χ1n) is 6.40. The summed E-state index contributed by atoms with van der Waals surface area (Å²) in [5, 5.41) is 5.71. The van der Waals surface area contributed by atoms with E-state index < -0.39 is 0 Å². The van der Waals surface area contributed by atoms with Crippen molar-refractivity contribution in [3.05, 3.63) is 65.4 Å². The summed E-state index contributed by atoms with van der Waals surface area (Å²) in [6.07, 6.45) is 0. The molecule has 1 aromatic heterocycles. The summed E-state index contributed by atoms with van der Waals surface area (Å²) in [6.45, 7) is 2.08. The van der Waals surface area contributed by atoms with Gasteiger partial charge in [-0.25, -0.2) is 0 Å². The van der Waals surface area contributed by atoms with Crippen molar-refractivity contribution in [2.24, 2.45) is 12.8 Å². The van der Waals surface area contributed by atoms with E-state index >= 15 is 0 Å². The highest BCUT2D eigenvalue weighted by molar-refractivity contribution is 5.82. The molecule has 0 aliphatic heterocycles. The predicted octanol–water partition coefficient (Wildman–Crippen LogP) is 2.93. The molecule has 0 amide bonds. The SMILES string of the molecule is Cc1cccc(C(N)c2nn(C)c3ccccc23)c1. The van der Waals surface area contributed by atoms with Crippen molar-refractivity contribution in [2.75, 3.05) is 0 Å². The second kappa shape index (κ2) is 4.52. The van der Waals surface area contributed by atoms with Gasteiger partial charge in [0.15, 0.2) is 0 Å². The molecule has 0 saturated carbocycles. The second-order valence-corrected chi connectivity index (χ2v) is 4.92. The van der Waals surface area contributed by atoms with Gasteiger partial charge in [0.05, 0.1) is 17.3 Å². The molecule has 1 unspecified atom stereocenters. The van der Waals surface area contributed by atoms with Crippen molar-refractivity contribution < 1.29 is 0 Å². The highest BCUT2D eigenvalue weighted by Crippen LogP contribution is 2.26. The number of nitrogens with two attached hydrogens (primary N) is 1. The van der Waals surface area contributed by atoms with Crippen LogP contribution in [0.25, 0.3) is 10.9 Å². The van der Waals surface area contributed by atoms with Crippen molar-refractivity contribution in [1.29, 1.82) is 0 Å². The summed E-state index contributed by atoms with van der Waals surface area (Å²) >= 11 is 0. The zero-order chi connectivity index (χ0) is 13.4. The fourth-order valence-corrected chi connectivity index (χ4v) is 2.49. The molecule has 0 spiro atoms. The molecule has 3 heteroatoms. The number of nitrogens with zero attached hydrogens (tertiary/aromatic N) is 2. The Morgan fingerprint density at radius 2 is 1.89 bits per heavy atom. The predicted molar refractivity (Wildman–Crippen MR) is 77.9 cm³/mol. The highest BCUT2D eigenvalue weighted by atomic mass is 15.3. The lowest BCUT2D eigenvalue weighted by atomic mass is 10.0. The zero-order valence-electron chi connectivity index (χ0n) is 11.2. The molecule has 0 saturated heterocycles. The topological polar surface area (TPSA) is 43.8 Å². The van der Waals surface area contributed by atoms with E-state index in [-0.39, 0.29) is 6.04 Å². The van der Waals surface area contributed by atoms with Gasteiger partial charge >= 0.3 is 0 Å². The van der Waals surface area contributed by atoms with Crippen LogP contribution in [0.4, 0.5) is 0 Å². The Kier molecular flexibility index (Phi) is 2.84. The van der Waals surface area contributed by atoms with E-state index in [0.717, 1.165) is 22.2 Å². The van der Waals surface area contributed by atoms with Crippen LogP contribution >= 0.6 is 0 Å². The number of rotatable bonds is 2. The number of aryl methyl sites for hydroxylation is 2. The smallest absolute Gasteiger partial charge is 0.0915 e. The van der Waals surface area contributed by atoms with Gasteiger partial charge in [-0.1, -0.05) is 48.0 Å². The van der Waals surface area contributed by atoms with Crippen LogP contribution < -0.4 is 5.73 Å². The molecular weight excluding hydrogens is 234 g/mol. The van der Waals surface area contributed by atoms with Crippen LogP contribution in [0.3, 0.4) is 0 Å². The van der Waals surface area contributed by atoms with Crippen LogP contribution in [0, 0.1) is 6.92 Å². The quantitative estimate of drug-likeness (QED) is 0.761. The number of para-hydroxylation sites is 1. The Morgan fingerprint density at radius 1 is 1.11 bits per heavy atom.